The first-order chi connectivity index (χ1) is 46.6. The van der Waals surface area contributed by atoms with Crippen molar-refractivity contribution in [3.8, 4) is 0 Å². The van der Waals surface area contributed by atoms with Crippen molar-refractivity contribution in [1.29, 1.82) is 0 Å². The highest BCUT2D eigenvalue weighted by atomic mass is 16.7. The van der Waals surface area contributed by atoms with E-state index in [2.05, 4.69) is 148 Å². The van der Waals surface area contributed by atoms with E-state index in [1.165, 1.54) is 193 Å². The average molecular weight is 1320 g/mol. The Kier molecular flexibility index (Phi) is 71.6. The van der Waals surface area contributed by atoms with Gasteiger partial charge >= 0.3 is 17.9 Å². The Balaban J connectivity index is 4.10. The largest absolute Gasteiger partial charge is 0.477 e. The van der Waals surface area contributed by atoms with E-state index in [1.54, 1.807) is 0 Å². The minimum Gasteiger partial charge on any atom is -0.477 e. The minimum atomic E-state index is -1.52. The highest BCUT2D eigenvalue weighted by Gasteiger charge is 2.25. The summed E-state index contributed by atoms with van der Waals surface area (Å²) in [6.45, 7) is 4.79. The number of carboxylic acid groups (broad SMARTS) is 1. The fourth-order valence-electron chi connectivity index (χ4n) is 10.9. The van der Waals surface area contributed by atoms with Crippen LogP contribution in [0.1, 0.15) is 335 Å². The first-order valence-corrected chi connectivity index (χ1v) is 39.3. The molecule has 0 saturated heterocycles. The molecule has 0 aromatic carbocycles. The van der Waals surface area contributed by atoms with E-state index in [9.17, 15) is 19.5 Å². The van der Waals surface area contributed by atoms with E-state index < -0.39 is 24.3 Å². The molecule has 0 heterocycles. The molecular weight excluding hydrogens is 1170 g/mol. The molecule has 0 fully saturated rings. The molecule has 9 heteroatoms. The topological polar surface area (TPSA) is 108 Å². The Morgan fingerprint density at radius 2 is 0.600 bits per heavy atom. The van der Waals surface area contributed by atoms with E-state index in [4.69, 9.17) is 18.9 Å². The number of allylic oxidation sites excluding steroid dienone is 22. The molecule has 0 bridgehead atoms. The van der Waals surface area contributed by atoms with Crippen molar-refractivity contribution in [2.24, 2.45) is 0 Å². The summed E-state index contributed by atoms with van der Waals surface area (Å²) in [5.41, 5.74) is 0. The summed E-state index contributed by atoms with van der Waals surface area (Å²) in [7, 11) is 5.98. The summed E-state index contributed by atoms with van der Waals surface area (Å²) in [6.07, 6.45) is 106. The predicted octanol–water partition coefficient (Wildman–Crippen LogP) is 25.3. The number of hydrogen-bond donors (Lipinski definition) is 1. The minimum absolute atomic E-state index is 0.183. The molecule has 9 nitrogen and oxygen atoms in total. The highest BCUT2D eigenvalue weighted by Crippen LogP contribution is 2.18. The number of nitrogens with zero attached hydrogens (tertiary/aromatic N) is 1. The molecule has 0 aromatic heterocycles. The summed E-state index contributed by atoms with van der Waals surface area (Å²) in [5, 5.41) is 9.77. The Bertz CT molecular complexity index is 2030. The summed E-state index contributed by atoms with van der Waals surface area (Å²) in [5.74, 6) is -2.00. The molecule has 2 atom stereocenters. The van der Waals surface area contributed by atoms with Gasteiger partial charge in [0.05, 0.1) is 34.4 Å². The lowest BCUT2D eigenvalue weighted by Crippen LogP contribution is -2.40. The third-order valence-corrected chi connectivity index (χ3v) is 16.9. The van der Waals surface area contributed by atoms with Crippen LogP contribution >= 0.6 is 0 Å². The number of unbranched alkanes of at least 4 members (excludes halogenated alkanes) is 35. The lowest BCUT2D eigenvalue weighted by Gasteiger charge is -2.25. The van der Waals surface area contributed by atoms with Crippen LogP contribution in [0.3, 0.4) is 0 Å². The van der Waals surface area contributed by atoms with Gasteiger partial charge in [0, 0.05) is 12.8 Å². The predicted molar refractivity (Wildman–Crippen MR) is 410 cm³/mol. The maximum Gasteiger partial charge on any atom is 0.361 e. The van der Waals surface area contributed by atoms with Gasteiger partial charge in [-0.15, -0.1) is 0 Å². The van der Waals surface area contributed by atoms with Crippen LogP contribution in [0.5, 0.6) is 0 Å². The van der Waals surface area contributed by atoms with Crippen molar-refractivity contribution in [3.05, 3.63) is 134 Å². The SMILES string of the molecule is CC/C=C\C/C=C\C/C=C\C/C=C\C/C=C\C/C=C\C/C=C\C/C=C\C/C=C\C/C=C\CCCCCCCCCCCCC(=O)OC(COC(=O)CCCCCCCCCCCCCCCCCCC/C=C\CCCCCCCCCC)COC(OCC[N+](C)(C)C)C(=O)O. The van der Waals surface area contributed by atoms with Crippen molar-refractivity contribution in [2.75, 3.05) is 47.5 Å². The van der Waals surface area contributed by atoms with Gasteiger partial charge in [0.1, 0.15) is 13.2 Å². The number of quaternary nitrogens is 1. The molecule has 0 aliphatic carbocycles. The standard InChI is InChI=1S/C86H147NO8/c1-6-8-10-12-14-16-18-20-22-24-26-28-30-32-34-36-37-38-39-40-41-42-43-44-45-46-47-49-51-53-55-57-59-61-63-65-67-69-71-73-75-77-84(89)95-82(81-94-86(85(90)91)92-79-78-87(3,4)5)80-93-83(88)76-74-72-70-68-66-64-62-60-58-56-54-52-50-48-35-33-31-29-27-25-23-21-19-17-15-13-11-9-7-2/h8,10,14,16,20,22,25-28,32,34,37-38,40-41,43-44,46-47,51,53,82,86H,6-7,9,11-13,15,17-19,21,23-24,29-31,33,35-36,39,42,45,48-50,52,54-81H2,1-5H3/p+1/b10-8-,16-14-,22-20-,27-25-,28-26-,34-32-,38-37-,41-40-,44-43-,47-46-,53-51-. The Hall–Kier alpha value is -4.57. The number of rotatable bonds is 72. The Morgan fingerprint density at radius 3 is 0.905 bits per heavy atom. The van der Waals surface area contributed by atoms with E-state index >= 15 is 0 Å². The number of ether oxygens (including phenoxy) is 4. The number of carboxylic acids is 1. The summed E-state index contributed by atoms with van der Waals surface area (Å²) < 4.78 is 23.0. The fraction of sp³-hybridized carbons (Fsp3) is 0.709. The van der Waals surface area contributed by atoms with Gasteiger partial charge in [0.2, 0.25) is 0 Å². The molecule has 0 spiro atoms. The maximum atomic E-state index is 13.0. The van der Waals surface area contributed by atoms with Gasteiger partial charge in [-0.25, -0.2) is 4.79 Å². The van der Waals surface area contributed by atoms with E-state index in [-0.39, 0.29) is 32.2 Å². The Morgan fingerprint density at radius 1 is 0.326 bits per heavy atom. The molecule has 544 valence electrons. The van der Waals surface area contributed by atoms with E-state index in [1.807, 2.05) is 21.1 Å². The molecule has 0 aromatic rings. The van der Waals surface area contributed by atoms with Gasteiger partial charge in [0.15, 0.2) is 6.10 Å². The number of aliphatic carboxylic acids is 1. The summed E-state index contributed by atoms with van der Waals surface area (Å²) >= 11 is 0. The van der Waals surface area contributed by atoms with Crippen molar-refractivity contribution in [1.82, 2.24) is 0 Å². The number of esters is 2. The molecule has 0 aliphatic rings. The third-order valence-electron chi connectivity index (χ3n) is 16.9. The molecule has 2 unspecified atom stereocenters. The zero-order valence-corrected chi connectivity index (χ0v) is 62.3. The second kappa shape index (κ2) is 75.2. The van der Waals surface area contributed by atoms with Crippen LogP contribution in [0.15, 0.2) is 134 Å². The van der Waals surface area contributed by atoms with Gasteiger partial charge in [-0.1, -0.05) is 340 Å². The van der Waals surface area contributed by atoms with Crippen LogP contribution in [0.4, 0.5) is 0 Å². The van der Waals surface area contributed by atoms with Crippen molar-refractivity contribution in [3.63, 3.8) is 0 Å². The van der Waals surface area contributed by atoms with Gasteiger partial charge in [-0.3, -0.25) is 9.59 Å². The van der Waals surface area contributed by atoms with Crippen LogP contribution in [0.2, 0.25) is 0 Å². The second-order valence-corrected chi connectivity index (χ2v) is 27.3. The molecule has 1 N–H and O–H groups in total. The van der Waals surface area contributed by atoms with Crippen molar-refractivity contribution >= 4 is 17.9 Å². The van der Waals surface area contributed by atoms with Crippen LogP contribution in [-0.2, 0) is 33.3 Å². The van der Waals surface area contributed by atoms with Crippen LogP contribution in [-0.4, -0.2) is 87.4 Å². The zero-order chi connectivity index (χ0) is 69.0. The molecular formula is C86H148NO8+. The number of hydrogen-bond acceptors (Lipinski definition) is 7. The van der Waals surface area contributed by atoms with Crippen molar-refractivity contribution in [2.45, 2.75) is 347 Å². The molecule has 0 amide bonds. The lowest BCUT2D eigenvalue weighted by atomic mass is 10.0. The normalized spacial score (nSPS) is 13.4. The van der Waals surface area contributed by atoms with Gasteiger partial charge in [0.25, 0.3) is 6.29 Å². The second-order valence-electron chi connectivity index (χ2n) is 27.3. The quantitative estimate of drug-likeness (QED) is 0.0211. The fourth-order valence-corrected chi connectivity index (χ4v) is 10.9. The molecule has 95 heavy (non-hydrogen) atoms. The molecule has 0 rings (SSSR count). The smallest absolute Gasteiger partial charge is 0.361 e. The van der Waals surface area contributed by atoms with E-state index in [0.717, 1.165) is 109 Å². The lowest BCUT2D eigenvalue weighted by molar-refractivity contribution is -0.870. The maximum absolute atomic E-state index is 13.0. The zero-order valence-electron chi connectivity index (χ0n) is 62.3. The van der Waals surface area contributed by atoms with Crippen molar-refractivity contribution < 1.29 is 42.9 Å². The average Bonchev–Trinajstić information content (AvgIpc) is 3.54. The van der Waals surface area contributed by atoms with Gasteiger partial charge in [-0.2, -0.15) is 0 Å². The molecule has 0 saturated carbocycles. The van der Waals surface area contributed by atoms with Gasteiger partial charge in [-0.05, 0) is 116 Å². The monoisotopic (exact) mass is 1320 g/mol. The highest BCUT2D eigenvalue weighted by molar-refractivity contribution is 5.71. The van der Waals surface area contributed by atoms with Crippen LogP contribution in [0.25, 0.3) is 0 Å². The number of carbonyl (C=O) groups excluding carboxylic acids is 2. The molecule has 0 aliphatic heterocycles. The number of likely N-dealkylation sites (N-methyl/N-ethyl adjacent to an activating group) is 1. The first-order valence-electron chi connectivity index (χ1n) is 39.3. The Labute approximate surface area is 586 Å². The van der Waals surface area contributed by atoms with E-state index in [0.29, 0.717) is 23.9 Å². The number of carbonyl (C=O) groups is 3. The first kappa shape index (κ1) is 90.4. The van der Waals surface area contributed by atoms with Crippen LogP contribution < -0.4 is 0 Å². The summed E-state index contributed by atoms with van der Waals surface area (Å²) in [4.78, 5) is 37.7. The molecule has 0 radical (unpaired) electrons. The van der Waals surface area contributed by atoms with Gasteiger partial charge < -0.3 is 28.5 Å². The summed E-state index contributed by atoms with van der Waals surface area (Å²) in [6, 6.07) is 0. The van der Waals surface area contributed by atoms with Crippen LogP contribution in [0, 0.1) is 0 Å². The third kappa shape index (κ3) is 76.7.